The van der Waals surface area contributed by atoms with Crippen molar-refractivity contribution in [2.75, 3.05) is 6.67 Å². The third-order valence-electron chi connectivity index (χ3n) is 3.92. The fourth-order valence-electron chi connectivity index (χ4n) is 2.36. The van der Waals surface area contributed by atoms with Gasteiger partial charge in [-0.15, -0.1) is 0 Å². The molecule has 1 aromatic carbocycles. The number of halogens is 1. The van der Waals surface area contributed by atoms with Gasteiger partial charge in [-0.2, -0.15) is 0 Å². The molecule has 1 aromatic rings. The second kappa shape index (κ2) is 11.7. The smallest absolute Gasteiger partial charge is 0.408 e. The molecule has 0 aliphatic carbocycles. The number of nitrogens with one attached hydrogen (secondary N) is 2. The van der Waals surface area contributed by atoms with Crippen LogP contribution in [-0.2, 0) is 25.7 Å². The third kappa shape index (κ3) is 8.15. The van der Waals surface area contributed by atoms with Gasteiger partial charge in [0.1, 0.15) is 19.3 Å². The van der Waals surface area contributed by atoms with Crippen LogP contribution < -0.4 is 10.6 Å². The summed E-state index contributed by atoms with van der Waals surface area (Å²) >= 11 is 0. The average Bonchev–Trinajstić information content (AvgIpc) is 2.67. The molecule has 8 nitrogen and oxygen atoms in total. The molecular weight excluding hydrogens is 371 g/mol. The Morgan fingerprint density at radius 3 is 2.29 bits per heavy atom. The quantitative estimate of drug-likeness (QED) is 0.525. The Labute approximate surface area is 162 Å². The first kappa shape index (κ1) is 23.1. The van der Waals surface area contributed by atoms with Gasteiger partial charge in [-0.05, 0) is 17.9 Å². The summed E-state index contributed by atoms with van der Waals surface area (Å²) in [5.74, 6) is -3.17. The number of alkyl carbamates (subject to hydrolysis) is 1. The van der Waals surface area contributed by atoms with Crippen LogP contribution in [0.5, 0.6) is 0 Å². The number of carbonyl (C=O) groups is 4. The number of alkyl halides is 1. The van der Waals surface area contributed by atoms with Crippen molar-refractivity contribution in [3.05, 3.63) is 35.9 Å². The van der Waals surface area contributed by atoms with Crippen LogP contribution in [0, 0.1) is 5.92 Å². The number of aliphatic carboxylic acids is 1. The monoisotopic (exact) mass is 396 g/mol. The van der Waals surface area contributed by atoms with Crippen molar-refractivity contribution in [2.24, 2.45) is 5.92 Å². The van der Waals surface area contributed by atoms with E-state index in [0.717, 1.165) is 5.56 Å². The lowest BCUT2D eigenvalue weighted by atomic mass is 10.0. The SMILES string of the molecule is CC(C)[C@H](NC(=O)OCc1ccccc1)C(=O)NC(CCC(=O)O)C(=O)CF. The lowest BCUT2D eigenvalue weighted by Crippen LogP contribution is -2.54. The van der Waals surface area contributed by atoms with E-state index >= 15 is 0 Å². The molecule has 9 heteroatoms. The molecule has 0 saturated heterocycles. The van der Waals surface area contributed by atoms with Crippen molar-refractivity contribution < 1.29 is 33.4 Å². The van der Waals surface area contributed by atoms with Gasteiger partial charge in [-0.25, -0.2) is 9.18 Å². The Hall–Kier alpha value is -2.97. The third-order valence-corrected chi connectivity index (χ3v) is 3.92. The van der Waals surface area contributed by atoms with Gasteiger partial charge in [-0.3, -0.25) is 14.4 Å². The molecule has 1 rings (SSSR count). The normalized spacial score (nSPS) is 12.7. The average molecular weight is 396 g/mol. The minimum Gasteiger partial charge on any atom is -0.481 e. The van der Waals surface area contributed by atoms with Gasteiger partial charge in [0, 0.05) is 6.42 Å². The Bertz CT molecular complexity index is 680. The molecule has 2 amide bonds. The molecule has 28 heavy (non-hydrogen) atoms. The van der Waals surface area contributed by atoms with Crippen molar-refractivity contribution >= 4 is 23.8 Å². The first-order valence-electron chi connectivity index (χ1n) is 8.82. The Balaban J connectivity index is 2.68. The number of benzene rings is 1. The van der Waals surface area contributed by atoms with E-state index in [1.165, 1.54) is 0 Å². The molecule has 0 saturated carbocycles. The molecule has 1 unspecified atom stereocenters. The molecule has 2 atom stereocenters. The summed E-state index contributed by atoms with van der Waals surface area (Å²) in [4.78, 5) is 46.8. The summed E-state index contributed by atoms with van der Waals surface area (Å²) in [5.41, 5.74) is 0.769. The number of hydrogen-bond donors (Lipinski definition) is 3. The first-order chi connectivity index (χ1) is 13.2. The lowest BCUT2D eigenvalue weighted by molar-refractivity contribution is -0.138. The van der Waals surface area contributed by atoms with Crippen molar-refractivity contribution in [1.29, 1.82) is 0 Å². The fourth-order valence-corrected chi connectivity index (χ4v) is 2.36. The lowest BCUT2D eigenvalue weighted by Gasteiger charge is -2.24. The Morgan fingerprint density at radius 2 is 1.75 bits per heavy atom. The zero-order chi connectivity index (χ0) is 21.1. The summed E-state index contributed by atoms with van der Waals surface area (Å²) < 4.78 is 17.8. The Morgan fingerprint density at radius 1 is 1.11 bits per heavy atom. The van der Waals surface area contributed by atoms with Crippen LogP contribution in [-0.4, -0.2) is 47.6 Å². The van der Waals surface area contributed by atoms with Crippen LogP contribution >= 0.6 is 0 Å². The summed E-state index contributed by atoms with van der Waals surface area (Å²) in [6, 6.07) is 6.63. The fraction of sp³-hybridized carbons (Fsp3) is 0.474. The van der Waals surface area contributed by atoms with Gasteiger partial charge in [0.15, 0.2) is 5.78 Å². The highest BCUT2D eigenvalue weighted by Gasteiger charge is 2.29. The summed E-state index contributed by atoms with van der Waals surface area (Å²) in [6.45, 7) is 2.03. The van der Waals surface area contributed by atoms with Crippen molar-refractivity contribution in [1.82, 2.24) is 10.6 Å². The molecule has 154 valence electrons. The number of amides is 2. The van der Waals surface area contributed by atoms with Crippen molar-refractivity contribution in [3.63, 3.8) is 0 Å². The van der Waals surface area contributed by atoms with E-state index in [2.05, 4.69) is 10.6 Å². The number of Topliss-reactive ketones (excluding diaryl/α,β-unsaturated/α-hetero) is 1. The van der Waals surface area contributed by atoms with E-state index in [9.17, 15) is 23.6 Å². The summed E-state index contributed by atoms with van der Waals surface area (Å²) in [5, 5.41) is 13.5. The number of carbonyl (C=O) groups excluding carboxylic acids is 3. The maximum absolute atomic E-state index is 12.7. The standard InChI is InChI=1S/C19H25FN2O6/c1-12(2)17(22-19(27)28-11-13-6-4-3-5-7-13)18(26)21-14(15(23)10-20)8-9-16(24)25/h3-7,12,14,17H,8-11H2,1-2H3,(H,21,26)(H,22,27)(H,24,25)/t14?,17-/m0/s1. The van der Waals surface area contributed by atoms with Gasteiger partial charge in [-0.1, -0.05) is 44.2 Å². The van der Waals surface area contributed by atoms with Crippen molar-refractivity contribution in [2.45, 2.75) is 45.4 Å². The highest BCUT2D eigenvalue weighted by Crippen LogP contribution is 2.07. The van der Waals surface area contributed by atoms with Crippen LogP contribution in [0.2, 0.25) is 0 Å². The van der Waals surface area contributed by atoms with E-state index in [1.807, 2.05) is 6.07 Å². The van der Waals surface area contributed by atoms with Crippen LogP contribution in [0.3, 0.4) is 0 Å². The molecule has 0 radical (unpaired) electrons. The van der Waals surface area contributed by atoms with E-state index in [-0.39, 0.29) is 18.9 Å². The van der Waals surface area contributed by atoms with Crippen LogP contribution in [0.4, 0.5) is 9.18 Å². The molecule has 0 bridgehead atoms. The number of hydrogen-bond acceptors (Lipinski definition) is 5. The van der Waals surface area contributed by atoms with Gasteiger partial charge >= 0.3 is 12.1 Å². The number of rotatable bonds is 11. The molecule has 3 N–H and O–H groups in total. The maximum atomic E-state index is 12.7. The summed E-state index contributed by atoms with van der Waals surface area (Å²) in [6.07, 6.45) is -1.47. The van der Waals surface area contributed by atoms with E-state index < -0.39 is 48.9 Å². The topological polar surface area (TPSA) is 122 Å². The molecule has 0 aromatic heterocycles. The van der Waals surface area contributed by atoms with Crippen LogP contribution in [0.1, 0.15) is 32.3 Å². The number of ether oxygens (including phenoxy) is 1. The molecule has 0 aliphatic rings. The highest BCUT2D eigenvalue weighted by molar-refractivity contribution is 5.93. The summed E-state index contributed by atoms with van der Waals surface area (Å²) in [7, 11) is 0. The van der Waals surface area contributed by atoms with Crippen LogP contribution in [0.25, 0.3) is 0 Å². The van der Waals surface area contributed by atoms with E-state index in [1.54, 1.807) is 38.1 Å². The maximum Gasteiger partial charge on any atom is 0.408 e. The number of ketones is 1. The van der Waals surface area contributed by atoms with E-state index in [4.69, 9.17) is 9.84 Å². The number of carboxylic acid groups (broad SMARTS) is 1. The van der Waals surface area contributed by atoms with Gasteiger partial charge in [0.05, 0.1) is 6.04 Å². The van der Waals surface area contributed by atoms with Crippen molar-refractivity contribution in [3.8, 4) is 0 Å². The highest BCUT2D eigenvalue weighted by atomic mass is 19.1. The molecule has 0 heterocycles. The first-order valence-corrected chi connectivity index (χ1v) is 8.82. The second-order valence-corrected chi connectivity index (χ2v) is 6.52. The Kier molecular flexibility index (Phi) is 9.63. The van der Waals surface area contributed by atoms with Gasteiger partial charge in [0.2, 0.25) is 5.91 Å². The number of carboxylic acids is 1. The molecule has 0 fully saturated rings. The zero-order valence-corrected chi connectivity index (χ0v) is 15.8. The molecule has 0 spiro atoms. The largest absolute Gasteiger partial charge is 0.481 e. The van der Waals surface area contributed by atoms with E-state index in [0.29, 0.717) is 0 Å². The molecule has 0 aliphatic heterocycles. The van der Waals surface area contributed by atoms with Gasteiger partial charge in [0.25, 0.3) is 0 Å². The minimum absolute atomic E-state index is 0.0146. The second-order valence-electron chi connectivity index (χ2n) is 6.52. The van der Waals surface area contributed by atoms with Gasteiger partial charge < -0.3 is 20.5 Å². The molecular formula is C19H25FN2O6. The zero-order valence-electron chi connectivity index (χ0n) is 15.8. The van der Waals surface area contributed by atoms with Crippen LogP contribution in [0.15, 0.2) is 30.3 Å². The predicted molar refractivity (Wildman–Crippen MR) is 98.2 cm³/mol. The minimum atomic E-state index is -1.33. The predicted octanol–water partition coefficient (Wildman–Crippen LogP) is 1.83.